The van der Waals surface area contributed by atoms with Gasteiger partial charge in [0.1, 0.15) is 0 Å². The van der Waals surface area contributed by atoms with Crippen LogP contribution in [0.5, 0.6) is 0 Å². The van der Waals surface area contributed by atoms with E-state index in [0.717, 1.165) is 51.4 Å². The summed E-state index contributed by atoms with van der Waals surface area (Å²) in [5.74, 6) is -0.0351. The minimum Gasteiger partial charge on any atom is -0.466 e. The first-order chi connectivity index (χ1) is 36.5. The van der Waals surface area contributed by atoms with Gasteiger partial charge in [0.25, 0.3) is 0 Å². The van der Waals surface area contributed by atoms with Crippen molar-refractivity contribution in [2.75, 3.05) is 13.2 Å². The van der Waals surface area contributed by atoms with Gasteiger partial charge in [-0.3, -0.25) is 9.59 Å². The normalized spacial score (nSPS) is 12.4. The Kier molecular flexibility index (Phi) is 63.4. The van der Waals surface area contributed by atoms with Crippen LogP contribution in [0.3, 0.4) is 0 Å². The molecule has 0 spiro atoms. The maximum atomic E-state index is 12.5. The number of hydrogen-bond acceptors (Lipinski definition) is 5. The van der Waals surface area contributed by atoms with Crippen molar-refractivity contribution in [2.45, 2.75) is 411 Å². The third-order valence-electron chi connectivity index (χ3n) is 16.4. The first-order valence-electron chi connectivity index (χ1n) is 34.3. The summed E-state index contributed by atoms with van der Waals surface area (Å²) in [5.41, 5.74) is 0. The molecule has 74 heavy (non-hydrogen) atoms. The lowest BCUT2D eigenvalue weighted by atomic mass is 10.0. The van der Waals surface area contributed by atoms with Crippen molar-refractivity contribution in [3.63, 3.8) is 0 Å². The highest BCUT2D eigenvalue weighted by molar-refractivity contribution is 5.76. The summed E-state index contributed by atoms with van der Waals surface area (Å²) in [6, 6.07) is -0.550. The van der Waals surface area contributed by atoms with Crippen LogP contribution >= 0.6 is 0 Å². The summed E-state index contributed by atoms with van der Waals surface area (Å²) in [6.45, 7) is 4.98. The van der Waals surface area contributed by atoms with Crippen LogP contribution in [0, 0.1) is 0 Å². The summed E-state index contributed by atoms with van der Waals surface area (Å²) in [4.78, 5) is 24.7. The summed E-state index contributed by atoms with van der Waals surface area (Å²) in [7, 11) is 0. The molecule has 0 aromatic carbocycles. The van der Waals surface area contributed by atoms with Gasteiger partial charge in [-0.2, -0.15) is 0 Å². The Labute approximate surface area is 464 Å². The van der Waals surface area contributed by atoms with Gasteiger partial charge in [-0.15, -0.1) is 0 Å². The Balaban J connectivity index is 3.40. The first-order valence-corrected chi connectivity index (χ1v) is 34.3. The molecule has 0 aromatic heterocycles. The molecule has 1 amide bonds. The van der Waals surface area contributed by atoms with Crippen LogP contribution in [-0.4, -0.2) is 47.4 Å². The number of ether oxygens (including phenoxy) is 1. The number of rotatable bonds is 65. The molecular formula is C68H135NO5. The van der Waals surface area contributed by atoms with Gasteiger partial charge in [0, 0.05) is 12.8 Å². The number of carbonyl (C=O) groups is 2. The van der Waals surface area contributed by atoms with Crippen LogP contribution in [-0.2, 0) is 14.3 Å². The lowest BCUT2D eigenvalue weighted by molar-refractivity contribution is -0.143. The van der Waals surface area contributed by atoms with Gasteiger partial charge in [-0.1, -0.05) is 361 Å². The van der Waals surface area contributed by atoms with E-state index in [-0.39, 0.29) is 18.5 Å². The van der Waals surface area contributed by atoms with Crippen molar-refractivity contribution in [3.05, 3.63) is 0 Å². The molecule has 0 aromatic rings. The number of carbonyl (C=O) groups excluding carboxylic acids is 2. The van der Waals surface area contributed by atoms with E-state index in [1.165, 1.54) is 315 Å². The van der Waals surface area contributed by atoms with Crippen LogP contribution < -0.4 is 5.32 Å². The predicted molar refractivity (Wildman–Crippen MR) is 324 cm³/mol. The quantitative estimate of drug-likeness (QED) is 0.0417. The van der Waals surface area contributed by atoms with E-state index in [2.05, 4.69) is 19.2 Å². The molecule has 0 aliphatic rings. The van der Waals surface area contributed by atoms with Gasteiger partial charge in [0.05, 0.1) is 25.4 Å². The fourth-order valence-electron chi connectivity index (χ4n) is 11.2. The van der Waals surface area contributed by atoms with Crippen molar-refractivity contribution >= 4 is 11.9 Å². The van der Waals surface area contributed by atoms with E-state index in [9.17, 15) is 19.8 Å². The number of hydrogen-bond donors (Lipinski definition) is 3. The molecule has 0 fully saturated rings. The van der Waals surface area contributed by atoms with E-state index in [1.807, 2.05) is 0 Å². The molecule has 6 heteroatoms. The third kappa shape index (κ3) is 60.1. The molecule has 0 rings (SSSR count). The molecule has 2 atom stereocenters. The zero-order chi connectivity index (χ0) is 53.6. The Morgan fingerprint density at radius 2 is 0.554 bits per heavy atom. The highest BCUT2D eigenvalue weighted by atomic mass is 16.5. The van der Waals surface area contributed by atoms with E-state index in [4.69, 9.17) is 4.74 Å². The molecule has 0 aliphatic heterocycles. The summed E-state index contributed by atoms with van der Waals surface area (Å²) in [5, 5.41) is 23.4. The highest BCUT2D eigenvalue weighted by Crippen LogP contribution is 2.19. The molecule has 442 valence electrons. The predicted octanol–water partition coefficient (Wildman–Crippen LogP) is 21.8. The second kappa shape index (κ2) is 64.4. The summed E-state index contributed by atoms with van der Waals surface area (Å²) in [6.07, 6.45) is 77.0. The lowest BCUT2D eigenvalue weighted by Gasteiger charge is -2.22. The van der Waals surface area contributed by atoms with E-state index < -0.39 is 12.1 Å². The van der Waals surface area contributed by atoms with Gasteiger partial charge in [0.15, 0.2) is 0 Å². The van der Waals surface area contributed by atoms with Crippen LogP contribution in [0.1, 0.15) is 399 Å². The smallest absolute Gasteiger partial charge is 0.305 e. The second-order valence-electron chi connectivity index (χ2n) is 23.9. The molecule has 0 saturated carbocycles. The monoisotopic (exact) mass is 1050 g/mol. The van der Waals surface area contributed by atoms with Gasteiger partial charge in [-0.25, -0.2) is 0 Å². The number of esters is 1. The topological polar surface area (TPSA) is 95.9 Å². The van der Waals surface area contributed by atoms with Crippen LogP contribution in [0.15, 0.2) is 0 Å². The van der Waals surface area contributed by atoms with Crippen molar-refractivity contribution in [3.8, 4) is 0 Å². The third-order valence-corrected chi connectivity index (χ3v) is 16.4. The van der Waals surface area contributed by atoms with Crippen LogP contribution in [0.25, 0.3) is 0 Å². The number of nitrogens with one attached hydrogen (secondary N) is 1. The Hall–Kier alpha value is -1.14. The first kappa shape index (κ1) is 72.9. The second-order valence-corrected chi connectivity index (χ2v) is 23.9. The highest BCUT2D eigenvalue weighted by Gasteiger charge is 2.20. The molecular weight excluding hydrogens is 911 g/mol. The number of unbranched alkanes of at least 4 members (excludes halogenated alkanes) is 54. The molecule has 0 heterocycles. The van der Waals surface area contributed by atoms with Gasteiger partial charge in [-0.05, 0) is 25.7 Å². The van der Waals surface area contributed by atoms with Crippen molar-refractivity contribution < 1.29 is 24.5 Å². The zero-order valence-corrected chi connectivity index (χ0v) is 50.6. The lowest BCUT2D eigenvalue weighted by Crippen LogP contribution is -2.45. The van der Waals surface area contributed by atoms with Gasteiger partial charge in [0.2, 0.25) is 5.91 Å². The van der Waals surface area contributed by atoms with E-state index in [0.29, 0.717) is 25.9 Å². The van der Waals surface area contributed by atoms with E-state index in [1.54, 1.807) is 0 Å². The van der Waals surface area contributed by atoms with Crippen molar-refractivity contribution in [1.82, 2.24) is 5.32 Å². The molecule has 2 unspecified atom stereocenters. The summed E-state index contributed by atoms with van der Waals surface area (Å²) < 4.78 is 5.50. The molecule has 0 radical (unpaired) electrons. The van der Waals surface area contributed by atoms with E-state index >= 15 is 0 Å². The van der Waals surface area contributed by atoms with Gasteiger partial charge >= 0.3 is 5.97 Å². The molecule has 0 bridgehead atoms. The average Bonchev–Trinajstić information content (AvgIpc) is 3.40. The maximum Gasteiger partial charge on any atom is 0.305 e. The fourth-order valence-corrected chi connectivity index (χ4v) is 11.2. The molecule has 6 nitrogen and oxygen atoms in total. The minimum atomic E-state index is -0.672. The zero-order valence-electron chi connectivity index (χ0n) is 50.6. The Morgan fingerprint density at radius 1 is 0.324 bits per heavy atom. The number of amides is 1. The number of aliphatic hydroxyl groups is 2. The minimum absolute atomic E-state index is 0.00424. The maximum absolute atomic E-state index is 12.5. The van der Waals surface area contributed by atoms with Crippen LogP contribution in [0.2, 0.25) is 0 Å². The number of aliphatic hydroxyl groups excluding tert-OH is 2. The Morgan fingerprint density at radius 3 is 0.824 bits per heavy atom. The fraction of sp³-hybridized carbons (Fsp3) is 0.971. The molecule has 0 aliphatic carbocycles. The van der Waals surface area contributed by atoms with Crippen molar-refractivity contribution in [1.29, 1.82) is 0 Å². The largest absolute Gasteiger partial charge is 0.466 e. The van der Waals surface area contributed by atoms with Gasteiger partial charge < -0.3 is 20.3 Å². The summed E-state index contributed by atoms with van der Waals surface area (Å²) >= 11 is 0. The molecule has 0 saturated heterocycles. The standard InChI is InChI=1S/C68H135NO5/c1-3-5-7-9-11-13-15-17-19-21-23-24-25-26-27-28-29-30-32-36-40-44-48-52-56-60-66(71)65(64-70)69-67(72)61-57-53-49-45-41-37-34-35-39-43-47-51-55-59-63-74-68(73)62-58-54-50-46-42-38-33-31-22-20-18-16-14-12-10-8-6-4-2/h65-66,70-71H,3-64H2,1-2H3,(H,69,72). The van der Waals surface area contributed by atoms with Crippen LogP contribution in [0.4, 0.5) is 0 Å². The van der Waals surface area contributed by atoms with Crippen molar-refractivity contribution in [2.24, 2.45) is 0 Å². The SMILES string of the molecule is CCCCCCCCCCCCCCCCCCCCCCCCCCCC(O)C(CO)NC(=O)CCCCCCCCCCCCCCCCOC(=O)CCCCCCCCCCCCCCCCCCCC. The Bertz CT molecular complexity index is 1070. The average molecular weight is 1050 g/mol. The molecule has 3 N–H and O–H groups in total.